The third-order valence-corrected chi connectivity index (χ3v) is 3.34. The van der Waals surface area contributed by atoms with Crippen molar-refractivity contribution in [1.29, 1.82) is 0 Å². The lowest BCUT2D eigenvalue weighted by Gasteiger charge is -2.00. The van der Waals surface area contributed by atoms with Crippen LogP contribution in [0.2, 0.25) is 0 Å². The smallest absolute Gasteiger partial charge is 0.305 e. The van der Waals surface area contributed by atoms with Crippen LogP contribution < -0.4 is 0 Å². The molecule has 0 aliphatic carbocycles. The number of allylic oxidation sites excluding steroid dienone is 4. The van der Waals surface area contributed by atoms with Gasteiger partial charge in [-0.2, -0.15) is 0 Å². The summed E-state index contributed by atoms with van der Waals surface area (Å²) < 4.78 is 4.60. The summed E-state index contributed by atoms with van der Waals surface area (Å²) in [6.07, 6.45) is 20.4. The van der Waals surface area contributed by atoms with Gasteiger partial charge in [0.2, 0.25) is 0 Å². The number of aliphatic hydroxyl groups excluding tert-OH is 1. The van der Waals surface area contributed by atoms with Crippen molar-refractivity contribution in [3.63, 3.8) is 0 Å². The van der Waals surface area contributed by atoms with E-state index in [1.165, 1.54) is 26.4 Å². The fourth-order valence-corrected chi connectivity index (χ4v) is 2.01. The lowest BCUT2D eigenvalue weighted by atomic mass is 10.1. The molecule has 22 heavy (non-hydrogen) atoms. The zero-order chi connectivity index (χ0) is 16.5. The van der Waals surface area contributed by atoms with Crippen LogP contribution >= 0.6 is 0 Å². The first-order valence-corrected chi connectivity index (χ1v) is 8.44. The van der Waals surface area contributed by atoms with Crippen LogP contribution in [-0.2, 0) is 9.53 Å². The largest absolute Gasteiger partial charge is 0.469 e. The van der Waals surface area contributed by atoms with E-state index < -0.39 is 0 Å². The van der Waals surface area contributed by atoms with Gasteiger partial charge in [0.05, 0.1) is 13.2 Å². The Morgan fingerprint density at radius 1 is 1.05 bits per heavy atom. The van der Waals surface area contributed by atoms with Crippen molar-refractivity contribution in [1.82, 2.24) is 0 Å². The molecule has 0 aromatic carbocycles. The van der Waals surface area contributed by atoms with Gasteiger partial charge in [0.15, 0.2) is 0 Å². The fourth-order valence-electron chi connectivity index (χ4n) is 2.01. The predicted octanol–water partition coefficient (Wildman–Crippen LogP) is 4.72. The van der Waals surface area contributed by atoms with Gasteiger partial charge >= 0.3 is 5.97 Å². The Morgan fingerprint density at radius 2 is 1.77 bits per heavy atom. The highest BCUT2D eigenvalue weighted by Gasteiger charge is 1.98. The van der Waals surface area contributed by atoms with Gasteiger partial charge in [0, 0.05) is 6.42 Å². The van der Waals surface area contributed by atoms with Crippen molar-refractivity contribution in [3.05, 3.63) is 36.5 Å². The van der Waals surface area contributed by atoms with Crippen molar-refractivity contribution in [2.24, 2.45) is 0 Å². The number of hydrogen-bond donors (Lipinski definition) is 1. The average Bonchev–Trinajstić information content (AvgIpc) is 2.52. The third kappa shape index (κ3) is 15.0. The van der Waals surface area contributed by atoms with E-state index in [1.54, 1.807) is 0 Å². The molecule has 0 aliphatic heterocycles. The number of carbonyl (C=O) groups excluding carboxylic acids is 1. The molecule has 0 spiro atoms. The highest BCUT2D eigenvalue weighted by atomic mass is 16.5. The first-order valence-electron chi connectivity index (χ1n) is 8.44. The van der Waals surface area contributed by atoms with Gasteiger partial charge in [-0.25, -0.2) is 0 Å². The van der Waals surface area contributed by atoms with E-state index in [9.17, 15) is 9.90 Å². The SMILES string of the molecule is CC/C=C\CC(O)/C=C/C=C/CCCCCCCC(=O)OC. The van der Waals surface area contributed by atoms with E-state index in [4.69, 9.17) is 0 Å². The molecule has 1 unspecified atom stereocenters. The molecule has 0 radical (unpaired) electrons. The number of methoxy groups -OCH3 is 1. The lowest BCUT2D eigenvalue weighted by molar-refractivity contribution is -0.140. The third-order valence-electron chi connectivity index (χ3n) is 3.34. The molecule has 0 amide bonds. The van der Waals surface area contributed by atoms with Crippen molar-refractivity contribution in [2.75, 3.05) is 7.11 Å². The second-order valence-corrected chi connectivity index (χ2v) is 5.38. The molecule has 0 saturated carbocycles. The maximum absolute atomic E-state index is 10.9. The summed E-state index contributed by atoms with van der Waals surface area (Å²) in [5.74, 6) is -0.109. The Morgan fingerprint density at radius 3 is 2.50 bits per heavy atom. The molecule has 0 heterocycles. The Kier molecular flexibility index (Phi) is 15.0. The average molecular weight is 308 g/mol. The highest BCUT2D eigenvalue weighted by Crippen LogP contribution is 2.08. The first kappa shape index (κ1) is 20.6. The van der Waals surface area contributed by atoms with E-state index in [1.807, 2.05) is 24.3 Å². The molecular formula is C19H32O3. The Labute approximate surface area is 135 Å². The Balaban J connectivity index is 3.43. The van der Waals surface area contributed by atoms with Gasteiger partial charge < -0.3 is 9.84 Å². The molecule has 1 atom stereocenters. The van der Waals surface area contributed by atoms with E-state index in [2.05, 4.69) is 23.8 Å². The number of carbonyl (C=O) groups is 1. The maximum Gasteiger partial charge on any atom is 0.305 e. The van der Waals surface area contributed by atoms with E-state index in [-0.39, 0.29) is 12.1 Å². The van der Waals surface area contributed by atoms with E-state index >= 15 is 0 Å². The summed E-state index contributed by atoms with van der Waals surface area (Å²) in [5, 5.41) is 9.65. The first-order chi connectivity index (χ1) is 10.7. The Bertz CT molecular complexity index is 343. The van der Waals surface area contributed by atoms with Crippen LogP contribution in [0.4, 0.5) is 0 Å². The van der Waals surface area contributed by atoms with Crippen molar-refractivity contribution >= 4 is 5.97 Å². The minimum atomic E-state index is -0.387. The second kappa shape index (κ2) is 16.0. The number of esters is 1. The topological polar surface area (TPSA) is 46.5 Å². The second-order valence-electron chi connectivity index (χ2n) is 5.38. The van der Waals surface area contributed by atoms with Gasteiger partial charge in [0.25, 0.3) is 0 Å². The Hall–Kier alpha value is -1.35. The summed E-state index contributed by atoms with van der Waals surface area (Å²) in [6, 6.07) is 0. The summed E-state index contributed by atoms with van der Waals surface area (Å²) in [7, 11) is 1.43. The molecule has 3 heteroatoms. The predicted molar refractivity (Wildman–Crippen MR) is 92.7 cm³/mol. The quantitative estimate of drug-likeness (QED) is 0.232. The number of unbranched alkanes of at least 4 members (excludes halogenated alkanes) is 5. The molecule has 126 valence electrons. The molecule has 1 N–H and O–H groups in total. The highest BCUT2D eigenvalue weighted by molar-refractivity contribution is 5.68. The zero-order valence-electron chi connectivity index (χ0n) is 14.2. The summed E-state index contributed by atoms with van der Waals surface area (Å²) in [5.41, 5.74) is 0. The molecule has 0 aromatic rings. The van der Waals surface area contributed by atoms with Crippen LogP contribution in [0.5, 0.6) is 0 Å². The van der Waals surface area contributed by atoms with Crippen LogP contribution in [0.3, 0.4) is 0 Å². The van der Waals surface area contributed by atoms with Gasteiger partial charge in [0.1, 0.15) is 0 Å². The molecule has 3 nitrogen and oxygen atoms in total. The number of aliphatic hydroxyl groups is 1. The number of hydrogen-bond acceptors (Lipinski definition) is 3. The standard InChI is InChI=1S/C19H32O3/c1-3-4-12-15-18(20)16-13-10-8-6-5-7-9-11-14-17-19(21)22-2/h4,8,10,12-13,16,18,20H,3,5-7,9,11,14-15,17H2,1-2H3/b10-8+,12-4-,16-13+. The summed E-state index contributed by atoms with van der Waals surface area (Å²) in [6.45, 7) is 2.08. The number of rotatable bonds is 13. The molecule has 0 aliphatic rings. The minimum absolute atomic E-state index is 0.109. The van der Waals surface area contributed by atoms with Gasteiger partial charge in [-0.15, -0.1) is 0 Å². The van der Waals surface area contributed by atoms with Crippen LogP contribution in [0.15, 0.2) is 36.5 Å². The number of ether oxygens (including phenoxy) is 1. The van der Waals surface area contributed by atoms with Crippen molar-refractivity contribution < 1.29 is 14.6 Å². The molecule has 0 saturated heterocycles. The van der Waals surface area contributed by atoms with Gasteiger partial charge in [-0.3, -0.25) is 4.79 Å². The van der Waals surface area contributed by atoms with Gasteiger partial charge in [-0.1, -0.05) is 62.6 Å². The zero-order valence-corrected chi connectivity index (χ0v) is 14.2. The van der Waals surface area contributed by atoms with Gasteiger partial charge in [-0.05, 0) is 32.1 Å². The molecular weight excluding hydrogens is 276 g/mol. The lowest BCUT2D eigenvalue weighted by Crippen LogP contribution is -1.99. The normalized spacial score (nSPS) is 13.4. The van der Waals surface area contributed by atoms with Crippen LogP contribution in [0.1, 0.15) is 64.7 Å². The molecule has 0 fully saturated rings. The molecule has 0 bridgehead atoms. The molecule has 0 rings (SSSR count). The van der Waals surface area contributed by atoms with Crippen LogP contribution in [0, 0.1) is 0 Å². The van der Waals surface area contributed by atoms with E-state index in [0.29, 0.717) is 12.8 Å². The monoisotopic (exact) mass is 308 g/mol. The van der Waals surface area contributed by atoms with Crippen molar-refractivity contribution in [3.8, 4) is 0 Å². The van der Waals surface area contributed by atoms with Crippen molar-refractivity contribution in [2.45, 2.75) is 70.8 Å². The summed E-state index contributed by atoms with van der Waals surface area (Å²) in [4.78, 5) is 10.9. The van der Waals surface area contributed by atoms with E-state index in [0.717, 1.165) is 25.7 Å². The fraction of sp³-hybridized carbons (Fsp3) is 0.632. The minimum Gasteiger partial charge on any atom is -0.469 e. The van der Waals surface area contributed by atoms with Crippen LogP contribution in [-0.4, -0.2) is 24.3 Å². The summed E-state index contributed by atoms with van der Waals surface area (Å²) >= 11 is 0. The van der Waals surface area contributed by atoms with Crippen LogP contribution in [0.25, 0.3) is 0 Å². The maximum atomic E-state index is 10.9. The molecule has 0 aromatic heterocycles.